The Morgan fingerprint density at radius 1 is 1.14 bits per heavy atom. The van der Waals surface area contributed by atoms with Crippen LogP contribution in [0, 0.1) is 6.92 Å². The van der Waals surface area contributed by atoms with Crippen molar-refractivity contribution in [3.63, 3.8) is 0 Å². The van der Waals surface area contributed by atoms with Gasteiger partial charge in [-0.25, -0.2) is 18.4 Å². The van der Waals surface area contributed by atoms with Gasteiger partial charge in [-0.2, -0.15) is 0 Å². The number of methoxy groups -OCH3 is 1. The number of aromatic nitrogens is 7. The van der Waals surface area contributed by atoms with E-state index in [-0.39, 0.29) is 23.9 Å². The molecule has 2 atom stereocenters. The monoisotopic (exact) mass is 531 g/mol. The summed E-state index contributed by atoms with van der Waals surface area (Å²) in [7, 11) is -2.39. The molecule has 4 aromatic rings. The fourth-order valence-electron chi connectivity index (χ4n) is 3.73. The Bertz CT molecular complexity index is 1440. The Balaban J connectivity index is 1.69. The average Bonchev–Trinajstić information content (AvgIpc) is 3.47. The molecule has 13 heteroatoms. The maximum Gasteiger partial charge on any atom is 0.165 e. The Morgan fingerprint density at radius 3 is 2.53 bits per heavy atom. The Labute approximate surface area is 213 Å². The van der Waals surface area contributed by atoms with Crippen LogP contribution in [0.25, 0.3) is 11.4 Å². The summed E-state index contributed by atoms with van der Waals surface area (Å²) in [4.78, 5) is 12.5. The standard InChI is InChI=1S/C23H26ClN7O4S/c1-5-18-7-19(35-30-18)12-31-20(28-29-23(31)16-6-14(2)8-25-9-16)13-36(32,33)15(3)21(34-4)22-26-10-17(24)11-27-22/h6-11,15,21H,5,12-13H2,1-4H3/t15-,21-/m0/s1. The van der Waals surface area contributed by atoms with E-state index in [0.717, 1.165) is 11.3 Å². The molecule has 0 aliphatic heterocycles. The molecule has 36 heavy (non-hydrogen) atoms. The molecule has 0 aromatic carbocycles. The number of halogens is 1. The molecule has 4 rings (SSSR count). The van der Waals surface area contributed by atoms with Crippen LogP contribution in [-0.4, -0.2) is 55.7 Å². The zero-order chi connectivity index (χ0) is 25.9. The molecule has 0 aliphatic rings. The van der Waals surface area contributed by atoms with E-state index in [1.165, 1.54) is 19.5 Å². The highest BCUT2D eigenvalue weighted by molar-refractivity contribution is 7.91. The zero-order valence-corrected chi connectivity index (χ0v) is 21.9. The molecule has 0 bridgehead atoms. The predicted molar refractivity (Wildman–Crippen MR) is 132 cm³/mol. The highest BCUT2D eigenvalue weighted by Crippen LogP contribution is 2.27. The fourth-order valence-corrected chi connectivity index (χ4v) is 5.27. The van der Waals surface area contributed by atoms with Crippen LogP contribution in [0.3, 0.4) is 0 Å². The third-order valence-electron chi connectivity index (χ3n) is 5.72. The van der Waals surface area contributed by atoms with Crippen LogP contribution in [0.2, 0.25) is 5.02 Å². The molecule has 0 fully saturated rings. The van der Waals surface area contributed by atoms with Crippen molar-refractivity contribution < 1.29 is 17.7 Å². The zero-order valence-electron chi connectivity index (χ0n) is 20.3. The number of hydrogen-bond acceptors (Lipinski definition) is 10. The minimum absolute atomic E-state index is 0.205. The number of sulfone groups is 1. The number of hydrogen-bond donors (Lipinski definition) is 0. The van der Waals surface area contributed by atoms with Crippen LogP contribution in [0.1, 0.15) is 48.6 Å². The maximum absolute atomic E-state index is 13.5. The molecular formula is C23H26ClN7O4S. The fraction of sp³-hybridized carbons (Fsp3) is 0.391. The smallest absolute Gasteiger partial charge is 0.165 e. The highest BCUT2D eigenvalue weighted by Gasteiger charge is 2.34. The van der Waals surface area contributed by atoms with E-state index in [1.54, 1.807) is 23.9 Å². The van der Waals surface area contributed by atoms with Gasteiger partial charge in [-0.3, -0.25) is 4.98 Å². The lowest BCUT2D eigenvalue weighted by Crippen LogP contribution is -2.30. The SMILES string of the molecule is CCc1cc(Cn2c(CS(=O)(=O)[C@@H](C)[C@H](OC)c3ncc(Cl)cn3)nnc2-c2cncc(C)c2)on1. The maximum atomic E-state index is 13.5. The second-order valence-electron chi connectivity index (χ2n) is 8.34. The van der Waals surface area contributed by atoms with Crippen molar-refractivity contribution in [3.05, 3.63) is 70.6 Å². The van der Waals surface area contributed by atoms with Crippen molar-refractivity contribution in [2.24, 2.45) is 0 Å². The molecule has 0 aliphatic carbocycles. The van der Waals surface area contributed by atoms with Crippen molar-refractivity contribution in [2.45, 2.75) is 50.8 Å². The first-order chi connectivity index (χ1) is 17.2. The van der Waals surface area contributed by atoms with Crippen LogP contribution in [0.4, 0.5) is 0 Å². The minimum atomic E-state index is -3.80. The second kappa shape index (κ2) is 10.8. The first-order valence-corrected chi connectivity index (χ1v) is 13.3. The second-order valence-corrected chi connectivity index (χ2v) is 11.1. The molecule has 0 unspecified atom stereocenters. The van der Waals surface area contributed by atoms with Crippen LogP contribution in [0.15, 0.2) is 41.4 Å². The Morgan fingerprint density at radius 2 is 1.89 bits per heavy atom. The van der Waals surface area contributed by atoms with Gasteiger partial charge in [-0.15, -0.1) is 10.2 Å². The molecule has 0 amide bonds. The van der Waals surface area contributed by atoms with Gasteiger partial charge in [-0.05, 0) is 31.9 Å². The Hall–Kier alpha value is -3.22. The number of ether oxygens (including phenoxy) is 1. The van der Waals surface area contributed by atoms with E-state index in [9.17, 15) is 8.42 Å². The summed E-state index contributed by atoms with van der Waals surface area (Å²) in [5, 5.41) is 11.9. The van der Waals surface area contributed by atoms with Gasteiger partial charge >= 0.3 is 0 Å². The third-order valence-corrected chi connectivity index (χ3v) is 7.95. The lowest BCUT2D eigenvalue weighted by atomic mass is 10.2. The molecule has 0 radical (unpaired) electrons. The molecule has 0 saturated heterocycles. The summed E-state index contributed by atoms with van der Waals surface area (Å²) < 4.78 is 39.6. The van der Waals surface area contributed by atoms with Gasteiger partial charge in [0.25, 0.3) is 0 Å². The van der Waals surface area contributed by atoms with Crippen LogP contribution in [-0.2, 0) is 33.3 Å². The first kappa shape index (κ1) is 25.9. The van der Waals surface area contributed by atoms with E-state index in [1.807, 2.05) is 26.0 Å². The van der Waals surface area contributed by atoms with Crippen molar-refractivity contribution in [1.82, 2.24) is 34.9 Å². The van der Waals surface area contributed by atoms with Crippen LogP contribution in [0.5, 0.6) is 0 Å². The van der Waals surface area contributed by atoms with E-state index < -0.39 is 21.2 Å². The van der Waals surface area contributed by atoms with E-state index in [0.29, 0.717) is 28.6 Å². The van der Waals surface area contributed by atoms with Crippen LogP contribution < -0.4 is 0 Å². The molecule has 190 valence electrons. The van der Waals surface area contributed by atoms with Crippen molar-refractivity contribution in [3.8, 4) is 11.4 Å². The van der Waals surface area contributed by atoms with Gasteiger partial charge in [0.05, 0.1) is 22.5 Å². The summed E-state index contributed by atoms with van der Waals surface area (Å²) in [6, 6.07) is 3.74. The van der Waals surface area contributed by atoms with Crippen LogP contribution >= 0.6 is 11.6 Å². The lowest BCUT2D eigenvalue weighted by Gasteiger charge is -2.21. The van der Waals surface area contributed by atoms with Gasteiger partial charge in [0.2, 0.25) is 0 Å². The van der Waals surface area contributed by atoms with E-state index >= 15 is 0 Å². The summed E-state index contributed by atoms with van der Waals surface area (Å²) in [6.07, 6.45) is 6.00. The number of pyridine rings is 1. The molecule has 4 aromatic heterocycles. The topological polar surface area (TPSA) is 139 Å². The molecular weight excluding hydrogens is 506 g/mol. The van der Waals surface area contributed by atoms with Gasteiger partial charge in [0.15, 0.2) is 27.2 Å². The summed E-state index contributed by atoms with van der Waals surface area (Å²) in [5.74, 6) is 1.12. The van der Waals surface area contributed by atoms with E-state index in [2.05, 4.69) is 30.3 Å². The largest absolute Gasteiger partial charge is 0.372 e. The van der Waals surface area contributed by atoms with Gasteiger partial charge < -0.3 is 13.8 Å². The predicted octanol–water partition coefficient (Wildman–Crippen LogP) is 3.38. The molecule has 0 spiro atoms. The highest BCUT2D eigenvalue weighted by atomic mass is 35.5. The lowest BCUT2D eigenvalue weighted by molar-refractivity contribution is 0.0948. The van der Waals surface area contributed by atoms with Crippen molar-refractivity contribution in [1.29, 1.82) is 0 Å². The molecule has 0 N–H and O–H groups in total. The van der Waals surface area contributed by atoms with Gasteiger partial charge in [0.1, 0.15) is 17.7 Å². The minimum Gasteiger partial charge on any atom is -0.372 e. The average molecular weight is 532 g/mol. The van der Waals surface area contributed by atoms with E-state index in [4.69, 9.17) is 20.9 Å². The quantitative estimate of drug-likeness (QED) is 0.299. The number of nitrogens with zero attached hydrogens (tertiary/aromatic N) is 7. The molecule has 0 saturated carbocycles. The van der Waals surface area contributed by atoms with Crippen molar-refractivity contribution in [2.75, 3.05) is 7.11 Å². The molecule has 11 nitrogen and oxygen atoms in total. The van der Waals surface area contributed by atoms with Crippen molar-refractivity contribution >= 4 is 21.4 Å². The van der Waals surface area contributed by atoms with Gasteiger partial charge in [-0.1, -0.05) is 23.7 Å². The Kier molecular flexibility index (Phi) is 7.76. The number of rotatable bonds is 10. The van der Waals surface area contributed by atoms with Gasteiger partial charge in [0, 0.05) is 43.5 Å². The molecule has 4 heterocycles. The normalized spacial score (nSPS) is 13.6. The third kappa shape index (κ3) is 5.61. The number of aryl methyl sites for hydroxylation is 2. The summed E-state index contributed by atoms with van der Waals surface area (Å²) in [6.45, 7) is 5.65. The summed E-state index contributed by atoms with van der Waals surface area (Å²) in [5.41, 5.74) is 2.44. The first-order valence-electron chi connectivity index (χ1n) is 11.2. The summed E-state index contributed by atoms with van der Waals surface area (Å²) >= 11 is 5.87.